The van der Waals surface area contributed by atoms with E-state index < -0.39 is 0 Å². The van der Waals surface area contributed by atoms with Crippen LogP contribution >= 0.6 is 0 Å². The minimum Gasteiger partial charge on any atom is -0.340 e. The maximum atomic E-state index is 11.7. The first-order valence-corrected chi connectivity index (χ1v) is 9.82. The number of carbonyl (C=O) groups is 1. The van der Waals surface area contributed by atoms with Crippen LogP contribution in [0.25, 0.3) is 5.70 Å². The summed E-state index contributed by atoms with van der Waals surface area (Å²) in [5.74, 6) is 0.824. The van der Waals surface area contributed by atoms with E-state index in [2.05, 4.69) is 49.5 Å². The molecule has 2 rings (SSSR count). The van der Waals surface area contributed by atoms with Crippen molar-refractivity contribution in [2.75, 3.05) is 31.1 Å². The highest BCUT2D eigenvalue weighted by Gasteiger charge is 2.28. The van der Waals surface area contributed by atoms with Gasteiger partial charge in [-0.1, -0.05) is 20.1 Å². The Morgan fingerprint density at radius 2 is 2.10 bits per heavy atom. The van der Waals surface area contributed by atoms with Crippen molar-refractivity contribution in [3.8, 4) is 0 Å². The van der Waals surface area contributed by atoms with Gasteiger partial charge in [-0.3, -0.25) is 4.79 Å². The summed E-state index contributed by atoms with van der Waals surface area (Å²) < 4.78 is 1.77. The van der Waals surface area contributed by atoms with Crippen molar-refractivity contribution in [1.29, 1.82) is 0 Å². The summed E-state index contributed by atoms with van der Waals surface area (Å²) in [6.07, 6.45) is 1.63. The van der Waals surface area contributed by atoms with Crippen LogP contribution < -0.4 is 10.2 Å². The average molecular weight is 401 g/mol. The molecule has 0 atom stereocenters. The maximum Gasteiger partial charge on any atom is 0.210 e. The molecule has 0 aliphatic carbocycles. The smallest absolute Gasteiger partial charge is 0.210 e. The molecule has 0 aromatic carbocycles. The van der Waals surface area contributed by atoms with Gasteiger partial charge in [0.05, 0.1) is 23.6 Å². The number of amides is 1. The summed E-state index contributed by atoms with van der Waals surface area (Å²) in [5.41, 5.74) is 3.66. The standard InChI is InChI=1S/C21H32N6O2/c1-8-18-11-20-26(12-15(2)24-29)16(3)19(17(4)27(20)23-18)13-25(14-28)10-9-22-21(5,6)7/h11,14,22H,2,4,8-10,12-13H2,1,3,5-7H3. The Bertz CT molecular complexity index is 831. The van der Waals surface area contributed by atoms with E-state index in [-0.39, 0.29) is 17.8 Å². The zero-order chi connectivity index (χ0) is 21.8. The van der Waals surface area contributed by atoms with Crippen molar-refractivity contribution in [2.24, 2.45) is 5.18 Å². The number of nitroso groups, excluding NO2 is 1. The summed E-state index contributed by atoms with van der Waals surface area (Å²) >= 11 is 0. The molecule has 0 spiro atoms. The van der Waals surface area contributed by atoms with E-state index in [1.54, 1.807) is 9.58 Å². The number of nitrogens with one attached hydrogen (secondary N) is 1. The second-order valence-corrected chi connectivity index (χ2v) is 8.27. The first-order chi connectivity index (χ1) is 13.6. The second-order valence-electron chi connectivity index (χ2n) is 8.27. The van der Waals surface area contributed by atoms with Crippen LogP contribution in [-0.4, -0.2) is 52.8 Å². The Morgan fingerprint density at radius 3 is 2.66 bits per heavy atom. The van der Waals surface area contributed by atoms with Crippen molar-refractivity contribution >= 4 is 17.9 Å². The van der Waals surface area contributed by atoms with Gasteiger partial charge in [0.15, 0.2) is 0 Å². The van der Waals surface area contributed by atoms with Crippen molar-refractivity contribution < 1.29 is 4.79 Å². The number of fused-ring (bicyclic) bond motifs is 1. The van der Waals surface area contributed by atoms with Gasteiger partial charge < -0.3 is 15.1 Å². The summed E-state index contributed by atoms with van der Waals surface area (Å²) in [7, 11) is 0. The normalized spacial score (nSPS) is 14.1. The predicted octanol–water partition coefficient (Wildman–Crippen LogP) is 3.14. The first kappa shape index (κ1) is 22.5. The minimum absolute atomic E-state index is 0.0162. The average Bonchev–Trinajstić information content (AvgIpc) is 3.10. The van der Waals surface area contributed by atoms with Gasteiger partial charge in [-0.15, -0.1) is 4.91 Å². The van der Waals surface area contributed by atoms with Gasteiger partial charge in [0.1, 0.15) is 5.82 Å². The summed E-state index contributed by atoms with van der Waals surface area (Å²) in [5, 5.41) is 11.0. The largest absolute Gasteiger partial charge is 0.340 e. The van der Waals surface area contributed by atoms with Crippen molar-refractivity contribution in [3.63, 3.8) is 0 Å². The molecule has 1 aromatic heterocycles. The van der Waals surface area contributed by atoms with Crippen molar-refractivity contribution in [2.45, 2.75) is 46.6 Å². The fourth-order valence-corrected chi connectivity index (χ4v) is 3.22. The van der Waals surface area contributed by atoms with Gasteiger partial charge in [-0.25, -0.2) is 4.68 Å². The molecule has 0 saturated heterocycles. The van der Waals surface area contributed by atoms with E-state index in [9.17, 15) is 9.70 Å². The number of aromatic nitrogens is 2. The Hall–Kier alpha value is -2.74. The van der Waals surface area contributed by atoms with Gasteiger partial charge in [0.2, 0.25) is 6.41 Å². The number of hydrogen-bond donors (Lipinski definition) is 1. The van der Waals surface area contributed by atoms with E-state index in [1.807, 2.05) is 24.8 Å². The highest BCUT2D eigenvalue weighted by atomic mass is 16.3. The Kier molecular flexibility index (Phi) is 7.13. The lowest BCUT2D eigenvalue weighted by molar-refractivity contribution is -0.117. The molecule has 1 aliphatic rings. The number of hydrogen-bond acceptors (Lipinski definition) is 6. The van der Waals surface area contributed by atoms with E-state index in [4.69, 9.17) is 0 Å². The van der Waals surface area contributed by atoms with Crippen LogP contribution in [-0.2, 0) is 11.2 Å². The lowest BCUT2D eigenvalue weighted by Crippen LogP contribution is -2.42. The van der Waals surface area contributed by atoms with E-state index in [0.29, 0.717) is 19.6 Å². The molecule has 0 unspecified atom stereocenters. The summed E-state index contributed by atoms with van der Waals surface area (Å²) in [4.78, 5) is 26.3. The topological polar surface area (TPSA) is 82.8 Å². The zero-order valence-electron chi connectivity index (χ0n) is 18.2. The quantitative estimate of drug-likeness (QED) is 0.482. The molecule has 158 valence electrons. The predicted molar refractivity (Wildman–Crippen MR) is 117 cm³/mol. The summed E-state index contributed by atoms with van der Waals surface area (Å²) in [6, 6.07) is 1.98. The van der Waals surface area contributed by atoms with Gasteiger partial charge in [0.25, 0.3) is 0 Å². The summed E-state index contributed by atoms with van der Waals surface area (Å²) in [6.45, 7) is 20.1. The fraction of sp³-hybridized carbons (Fsp3) is 0.524. The molecule has 1 N–H and O–H groups in total. The molecule has 0 fully saturated rings. The van der Waals surface area contributed by atoms with Crippen LogP contribution in [0, 0.1) is 4.91 Å². The highest BCUT2D eigenvalue weighted by Crippen LogP contribution is 2.35. The molecule has 0 bridgehead atoms. The lowest BCUT2D eigenvalue weighted by atomic mass is 10.1. The Balaban J connectivity index is 2.31. The van der Waals surface area contributed by atoms with Crippen LogP contribution in [0.1, 0.15) is 40.3 Å². The van der Waals surface area contributed by atoms with E-state index in [0.717, 1.165) is 41.3 Å². The molecule has 29 heavy (non-hydrogen) atoms. The van der Waals surface area contributed by atoms with Crippen molar-refractivity contribution in [3.05, 3.63) is 46.8 Å². The van der Waals surface area contributed by atoms with Crippen LogP contribution in [0.4, 0.5) is 5.82 Å². The highest BCUT2D eigenvalue weighted by molar-refractivity contribution is 5.75. The van der Waals surface area contributed by atoms with Crippen molar-refractivity contribution in [1.82, 2.24) is 20.0 Å². The number of nitrogens with zero attached hydrogens (tertiary/aromatic N) is 5. The monoisotopic (exact) mass is 400 g/mol. The molecule has 1 aliphatic heterocycles. The van der Waals surface area contributed by atoms with E-state index >= 15 is 0 Å². The minimum atomic E-state index is -0.0162. The molecule has 8 heteroatoms. The third-order valence-corrected chi connectivity index (χ3v) is 4.86. The third-order valence-electron chi connectivity index (χ3n) is 4.86. The molecule has 1 amide bonds. The Morgan fingerprint density at radius 1 is 1.41 bits per heavy atom. The third kappa shape index (κ3) is 5.41. The van der Waals surface area contributed by atoms with Crippen LogP contribution in [0.5, 0.6) is 0 Å². The zero-order valence-corrected chi connectivity index (χ0v) is 18.2. The number of rotatable bonds is 10. The molecular formula is C21H32N6O2. The van der Waals surface area contributed by atoms with Crippen LogP contribution in [0.15, 0.2) is 41.4 Å². The maximum absolute atomic E-state index is 11.7. The first-order valence-electron chi connectivity index (χ1n) is 9.82. The van der Waals surface area contributed by atoms with Gasteiger partial charge >= 0.3 is 0 Å². The van der Waals surface area contributed by atoms with Crippen LogP contribution in [0.2, 0.25) is 0 Å². The second kappa shape index (κ2) is 9.17. The molecule has 1 aromatic rings. The lowest BCUT2D eigenvalue weighted by Gasteiger charge is -2.34. The molecule has 8 nitrogen and oxygen atoms in total. The number of aryl methyl sites for hydroxylation is 1. The molecular weight excluding hydrogens is 368 g/mol. The number of carbonyl (C=O) groups excluding carboxylic acids is 1. The van der Waals surface area contributed by atoms with Gasteiger partial charge in [0, 0.05) is 42.5 Å². The van der Waals surface area contributed by atoms with Gasteiger partial charge in [-0.05, 0) is 39.3 Å². The molecule has 0 radical (unpaired) electrons. The van der Waals surface area contributed by atoms with Crippen LogP contribution in [0.3, 0.4) is 0 Å². The molecule has 0 saturated carbocycles. The van der Waals surface area contributed by atoms with E-state index in [1.165, 1.54) is 0 Å². The Labute approximate surface area is 172 Å². The number of anilines is 1. The number of allylic oxidation sites excluding steroid dienone is 1. The fourth-order valence-electron chi connectivity index (χ4n) is 3.22. The SMILES string of the molecule is C=C(CN1C(C)=C(CN(C=O)CCNC(C)(C)C)C(=C)n2nc(CC)cc21)N=O. The van der Waals surface area contributed by atoms with Gasteiger partial charge in [-0.2, -0.15) is 5.10 Å². The molecule has 2 heterocycles.